The smallest absolute Gasteiger partial charge is 0.138 e. The van der Waals surface area contributed by atoms with Gasteiger partial charge in [0, 0.05) is 54.8 Å². The molecule has 3 heterocycles. The van der Waals surface area contributed by atoms with Crippen LogP contribution in [0.15, 0.2) is 48.7 Å². The molecule has 3 aromatic rings. The first-order valence-corrected chi connectivity index (χ1v) is 11.3. The van der Waals surface area contributed by atoms with E-state index in [0.29, 0.717) is 28.3 Å². The molecule has 0 radical (unpaired) electrons. The number of aryl methyl sites for hydroxylation is 1. The van der Waals surface area contributed by atoms with E-state index in [1.807, 2.05) is 31.2 Å². The predicted octanol–water partition coefficient (Wildman–Crippen LogP) is 3.72. The highest BCUT2D eigenvalue weighted by molar-refractivity contribution is 5.69. The van der Waals surface area contributed by atoms with Crippen molar-refractivity contribution in [3.05, 3.63) is 65.5 Å². The molecule has 1 aliphatic heterocycles. The number of aliphatic hydroxyl groups excluding tert-OH is 1. The molecule has 0 spiro atoms. The summed E-state index contributed by atoms with van der Waals surface area (Å²) in [4.78, 5) is 11.4. The van der Waals surface area contributed by atoms with Gasteiger partial charge >= 0.3 is 0 Å². The van der Waals surface area contributed by atoms with Crippen molar-refractivity contribution in [3.63, 3.8) is 0 Å². The van der Waals surface area contributed by atoms with Crippen LogP contribution in [-0.2, 0) is 4.74 Å². The summed E-state index contributed by atoms with van der Waals surface area (Å²) < 4.78 is 12.2. The highest BCUT2D eigenvalue weighted by Crippen LogP contribution is 2.35. The van der Waals surface area contributed by atoms with Gasteiger partial charge in [-0.05, 0) is 45.0 Å². The lowest BCUT2D eigenvalue weighted by molar-refractivity contribution is -0.00548. The molecule has 0 saturated carbocycles. The van der Waals surface area contributed by atoms with Crippen LogP contribution >= 0.6 is 0 Å². The number of pyridine rings is 2. The van der Waals surface area contributed by atoms with Crippen molar-refractivity contribution >= 4 is 5.82 Å². The molecule has 3 atom stereocenters. The summed E-state index contributed by atoms with van der Waals surface area (Å²) >= 11 is 0. The molecular weight excluding hydrogens is 430 g/mol. The fourth-order valence-corrected chi connectivity index (χ4v) is 4.12. The largest absolute Gasteiger partial charge is 0.456 e. The predicted molar refractivity (Wildman–Crippen MR) is 130 cm³/mol. The van der Waals surface area contributed by atoms with Gasteiger partial charge in [-0.3, -0.25) is 4.98 Å². The number of morpholine rings is 1. The van der Waals surface area contributed by atoms with E-state index in [-0.39, 0.29) is 18.8 Å². The standard InChI is InChI=1S/C26H29N5O3/c1-16-8-21(10-26(30-16)31-14-17(2)33-18(3)15-31)34-25-9-19(11-27)4-6-22(25)23-7-5-20(13-29-23)24(32)12-28/h4-10,13,17-18,24,32H,12,14-15,28H2,1-3H3/t17-,18+,24-/m1/s1. The first-order chi connectivity index (χ1) is 16.4. The first kappa shape index (κ1) is 23.6. The molecule has 176 valence electrons. The van der Waals surface area contributed by atoms with Crippen molar-refractivity contribution in [2.45, 2.75) is 39.1 Å². The van der Waals surface area contributed by atoms with Crippen molar-refractivity contribution < 1.29 is 14.6 Å². The lowest BCUT2D eigenvalue weighted by Crippen LogP contribution is -2.45. The van der Waals surface area contributed by atoms with Gasteiger partial charge in [0.15, 0.2) is 0 Å². The second-order valence-corrected chi connectivity index (χ2v) is 8.62. The van der Waals surface area contributed by atoms with Crippen LogP contribution in [-0.4, -0.2) is 46.9 Å². The number of ether oxygens (including phenoxy) is 2. The van der Waals surface area contributed by atoms with E-state index >= 15 is 0 Å². The number of rotatable bonds is 6. The minimum absolute atomic E-state index is 0.112. The van der Waals surface area contributed by atoms with E-state index in [1.165, 1.54) is 0 Å². The van der Waals surface area contributed by atoms with Crippen molar-refractivity contribution in [1.82, 2.24) is 9.97 Å². The second-order valence-electron chi connectivity index (χ2n) is 8.62. The summed E-state index contributed by atoms with van der Waals surface area (Å²) in [6.45, 7) is 7.66. The van der Waals surface area contributed by atoms with Gasteiger partial charge in [-0.1, -0.05) is 6.07 Å². The van der Waals surface area contributed by atoms with Gasteiger partial charge in [-0.25, -0.2) is 4.98 Å². The van der Waals surface area contributed by atoms with Gasteiger partial charge in [0.05, 0.1) is 35.6 Å². The number of aromatic nitrogens is 2. The van der Waals surface area contributed by atoms with Gasteiger partial charge in [0.1, 0.15) is 17.3 Å². The third-order valence-corrected chi connectivity index (χ3v) is 5.67. The molecule has 0 amide bonds. The van der Waals surface area contributed by atoms with Crippen LogP contribution in [0.3, 0.4) is 0 Å². The van der Waals surface area contributed by atoms with E-state index in [1.54, 1.807) is 24.4 Å². The van der Waals surface area contributed by atoms with Crippen LogP contribution in [0.5, 0.6) is 11.5 Å². The van der Waals surface area contributed by atoms with E-state index in [2.05, 4.69) is 29.8 Å². The van der Waals surface area contributed by atoms with Crippen LogP contribution < -0.4 is 15.4 Å². The fraction of sp³-hybridized carbons (Fsp3) is 0.346. The van der Waals surface area contributed by atoms with E-state index in [9.17, 15) is 10.4 Å². The maximum atomic E-state index is 9.96. The molecular formula is C26H29N5O3. The molecule has 1 fully saturated rings. The van der Waals surface area contributed by atoms with Crippen LogP contribution in [0.25, 0.3) is 11.3 Å². The third-order valence-electron chi connectivity index (χ3n) is 5.67. The van der Waals surface area contributed by atoms with Crippen LogP contribution in [0.4, 0.5) is 5.82 Å². The zero-order valence-corrected chi connectivity index (χ0v) is 19.6. The van der Waals surface area contributed by atoms with Gasteiger partial charge < -0.3 is 25.2 Å². The SMILES string of the molecule is Cc1cc(Oc2cc(C#N)ccc2-c2ccc([C@H](O)CN)cn2)cc(N2C[C@@H](C)O[C@@H](C)C2)n1. The Hall–Kier alpha value is -3.51. The molecule has 8 nitrogen and oxygen atoms in total. The maximum absolute atomic E-state index is 9.96. The Morgan fingerprint density at radius 3 is 2.62 bits per heavy atom. The average molecular weight is 460 g/mol. The molecule has 2 aromatic heterocycles. The monoisotopic (exact) mass is 459 g/mol. The van der Waals surface area contributed by atoms with Crippen molar-refractivity contribution in [3.8, 4) is 28.8 Å². The van der Waals surface area contributed by atoms with Gasteiger partial charge in [-0.2, -0.15) is 5.26 Å². The fourth-order valence-electron chi connectivity index (χ4n) is 4.12. The topological polar surface area (TPSA) is 118 Å². The number of benzene rings is 1. The molecule has 3 N–H and O–H groups in total. The zero-order valence-electron chi connectivity index (χ0n) is 19.6. The number of nitriles is 1. The zero-order chi connectivity index (χ0) is 24.2. The molecule has 0 bridgehead atoms. The number of nitrogens with zero attached hydrogens (tertiary/aromatic N) is 4. The second kappa shape index (κ2) is 10.2. The number of aliphatic hydroxyl groups is 1. The van der Waals surface area contributed by atoms with Crippen molar-refractivity contribution in [2.24, 2.45) is 5.73 Å². The Kier molecular flexibility index (Phi) is 7.08. The summed E-state index contributed by atoms with van der Waals surface area (Å²) in [6.07, 6.45) is 1.06. The lowest BCUT2D eigenvalue weighted by Gasteiger charge is -2.36. The summed E-state index contributed by atoms with van der Waals surface area (Å²) in [6, 6.07) is 14.8. The van der Waals surface area contributed by atoms with Crippen LogP contribution in [0.2, 0.25) is 0 Å². The number of hydrogen-bond acceptors (Lipinski definition) is 8. The Morgan fingerprint density at radius 1 is 1.21 bits per heavy atom. The quantitative estimate of drug-likeness (QED) is 0.573. The third kappa shape index (κ3) is 5.34. The number of anilines is 1. The van der Waals surface area contributed by atoms with Crippen molar-refractivity contribution in [2.75, 3.05) is 24.5 Å². The van der Waals surface area contributed by atoms with E-state index in [0.717, 1.165) is 30.2 Å². The highest BCUT2D eigenvalue weighted by Gasteiger charge is 2.24. The van der Waals surface area contributed by atoms with Crippen LogP contribution in [0, 0.1) is 18.3 Å². The molecule has 4 rings (SSSR count). The number of hydrogen-bond donors (Lipinski definition) is 2. The molecule has 1 aromatic carbocycles. The molecule has 34 heavy (non-hydrogen) atoms. The molecule has 0 unspecified atom stereocenters. The Labute approximate surface area is 199 Å². The van der Waals surface area contributed by atoms with E-state index in [4.69, 9.17) is 20.2 Å². The minimum atomic E-state index is -0.762. The molecule has 1 aliphatic rings. The minimum Gasteiger partial charge on any atom is -0.456 e. The highest BCUT2D eigenvalue weighted by atomic mass is 16.5. The maximum Gasteiger partial charge on any atom is 0.138 e. The lowest BCUT2D eigenvalue weighted by atomic mass is 10.1. The summed E-state index contributed by atoms with van der Waals surface area (Å²) in [5.41, 5.74) is 8.90. The first-order valence-electron chi connectivity index (χ1n) is 11.3. The number of nitrogens with two attached hydrogens (primary N) is 1. The Balaban J connectivity index is 1.67. The summed E-state index contributed by atoms with van der Waals surface area (Å²) in [5.74, 6) is 1.97. The van der Waals surface area contributed by atoms with Gasteiger partial charge in [0.2, 0.25) is 0 Å². The molecule has 0 aliphatic carbocycles. The molecule has 1 saturated heterocycles. The van der Waals surface area contributed by atoms with E-state index < -0.39 is 6.10 Å². The Bertz CT molecular complexity index is 1180. The molecule has 8 heteroatoms. The average Bonchev–Trinajstić information content (AvgIpc) is 2.82. The summed E-state index contributed by atoms with van der Waals surface area (Å²) in [5, 5.41) is 19.4. The van der Waals surface area contributed by atoms with Gasteiger partial charge in [-0.15, -0.1) is 0 Å². The van der Waals surface area contributed by atoms with Gasteiger partial charge in [0.25, 0.3) is 0 Å². The summed E-state index contributed by atoms with van der Waals surface area (Å²) in [7, 11) is 0. The van der Waals surface area contributed by atoms with Crippen LogP contribution in [0.1, 0.15) is 36.8 Å². The normalized spacial score (nSPS) is 18.9. The van der Waals surface area contributed by atoms with Crippen molar-refractivity contribution in [1.29, 1.82) is 5.26 Å². The Morgan fingerprint density at radius 2 is 1.97 bits per heavy atom.